The molecule has 4 atom stereocenters. The zero-order valence-electron chi connectivity index (χ0n) is 11.7. The molecule has 0 aliphatic carbocycles. The van der Waals surface area contributed by atoms with Crippen LogP contribution in [0.3, 0.4) is 0 Å². The minimum Gasteiger partial charge on any atom is -0.394 e. The first-order valence-corrected chi connectivity index (χ1v) is 6.82. The molecule has 2 aromatic heterocycles. The lowest BCUT2D eigenvalue weighted by atomic mass is 10.1. The molecule has 9 heteroatoms. The number of ether oxygens (including phenoxy) is 1. The van der Waals surface area contributed by atoms with Gasteiger partial charge >= 0.3 is 0 Å². The summed E-state index contributed by atoms with van der Waals surface area (Å²) in [6.07, 6.45) is 0.432. The van der Waals surface area contributed by atoms with Crippen molar-refractivity contribution in [3.05, 3.63) is 25.3 Å². The van der Waals surface area contributed by atoms with Gasteiger partial charge in [0.1, 0.15) is 24.6 Å². The number of rotatable bonds is 5. The first-order valence-electron chi connectivity index (χ1n) is 6.82. The first-order chi connectivity index (χ1) is 10.7. The number of aliphatic hydroxyl groups is 3. The lowest BCUT2D eigenvalue weighted by Gasteiger charge is -2.16. The second kappa shape index (κ2) is 5.97. The van der Waals surface area contributed by atoms with Crippen molar-refractivity contribution in [3.63, 3.8) is 0 Å². The standard InChI is InChI=1S/C13H17N5O4/c1-2-3-14-11-8-12(16-5-15-11)18(6-17-8)13-10(21)9(20)7(4-19)22-13/h2,5-7,9-10,13,19-21H,1,3-4H2,(H,14,15,16)/t7-,9+,10-,13-/m0/s1. The smallest absolute Gasteiger partial charge is 0.167 e. The third-order valence-corrected chi connectivity index (χ3v) is 3.56. The van der Waals surface area contributed by atoms with Crippen molar-refractivity contribution in [2.45, 2.75) is 24.5 Å². The van der Waals surface area contributed by atoms with E-state index >= 15 is 0 Å². The van der Waals surface area contributed by atoms with Gasteiger partial charge in [0.15, 0.2) is 23.2 Å². The Balaban J connectivity index is 1.97. The van der Waals surface area contributed by atoms with E-state index in [1.54, 1.807) is 6.08 Å². The Kier molecular flexibility index (Phi) is 4.03. The highest BCUT2D eigenvalue weighted by Crippen LogP contribution is 2.31. The van der Waals surface area contributed by atoms with Gasteiger partial charge in [-0.25, -0.2) is 15.0 Å². The lowest BCUT2D eigenvalue weighted by molar-refractivity contribution is -0.0511. The molecule has 0 bridgehead atoms. The highest BCUT2D eigenvalue weighted by atomic mass is 16.6. The van der Waals surface area contributed by atoms with Crippen LogP contribution in [-0.4, -0.2) is 66.3 Å². The minimum atomic E-state index is -1.19. The summed E-state index contributed by atoms with van der Waals surface area (Å²) in [4.78, 5) is 12.5. The molecule has 118 valence electrons. The summed E-state index contributed by atoms with van der Waals surface area (Å²) < 4.78 is 7.00. The Bertz CT molecular complexity index is 675. The average Bonchev–Trinajstić information content (AvgIpc) is 3.08. The molecule has 0 spiro atoms. The van der Waals surface area contributed by atoms with Crippen molar-refractivity contribution in [3.8, 4) is 0 Å². The number of imidazole rings is 1. The predicted octanol–water partition coefficient (Wildman–Crippen LogP) is -0.964. The van der Waals surface area contributed by atoms with Gasteiger partial charge in [-0.15, -0.1) is 6.58 Å². The van der Waals surface area contributed by atoms with Gasteiger partial charge in [0, 0.05) is 6.54 Å². The maximum absolute atomic E-state index is 10.1. The Morgan fingerprint density at radius 2 is 2.14 bits per heavy atom. The van der Waals surface area contributed by atoms with E-state index in [-0.39, 0.29) is 6.61 Å². The van der Waals surface area contributed by atoms with Crippen molar-refractivity contribution >= 4 is 17.0 Å². The molecule has 9 nitrogen and oxygen atoms in total. The van der Waals surface area contributed by atoms with Gasteiger partial charge in [0.05, 0.1) is 12.9 Å². The predicted molar refractivity (Wildman–Crippen MR) is 77.0 cm³/mol. The van der Waals surface area contributed by atoms with Crippen LogP contribution < -0.4 is 5.32 Å². The molecule has 3 heterocycles. The van der Waals surface area contributed by atoms with Gasteiger partial charge in [-0.1, -0.05) is 6.08 Å². The topological polar surface area (TPSA) is 126 Å². The van der Waals surface area contributed by atoms with E-state index in [4.69, 9.17) is 9.84 Å². The number of hydrogen-bond acceptors (Lipinski definition) is 8. The molecule has 0 saturated carbocycles. The number of aliphatic hydroxyl groups excluding tert-OH is 3. The number of anilines is 1. The fourth-order valence-electron chi connectivity index (χ4n) is 2.45. The molecule has 1 aliphatic rings. The Labute approximate surface area is 125 Å². The van der Waals surface area contributed by atoms with Crippen LogP contribution in [0.25, 0.3) is 11.2 Å². The van der Waals surface area contributed by atoms with Gasteiger partial charge in [-0.3, -0.25) is 4.57 Å². The zero-order valence-corrected chi connectivity index (χ0v) is 11.7. The maximum atomic E-state index is 10.1. The van der Waals surface area contributed by atoms with Crippen LogP contribution in [0.5, 0.6) is 0 Å². The van der Waals surface area contributed by atoms with Crippen molar-refractivity contribution in [2.75, 3.05) is 18.5 Å². The lowest BCUT2D eigenvalue weighted by Crippen LogP contribution is -2.33. The van der Waals surface area contributed by atoms with E-state index in [1.165, 1.54) is 17.2 Å². The largest absolute Gasteiger partial charge is 0.394 e. The summed E-state index contributed by atoms with van der Waals surface area (Å²) in [7, 11) is 0. The number of fused-ring (bicyclic) bond motifs is 1. The first kappa shape index (κ1) is 14.9. The van der Waals surface area contributed by atoms with Crippen molar-refractivity contribution in [1.82, 2.24) is 19.5 Å². The Morgan fingerprint density at radius 1 is 1.32 bits per heavy atom. The van der Waals surface area contributed by atoms with Crippen LogP contribution in [0.15, 0.2) is 25.3 Å². The van der Waals surface area contributed by atoms with E-state index in [2.05, 4.69) is 26.8 Å². The number of aromatic nitrogens is 4. The van der Waals surface area contributed by atoms with Crippen LogP contribution in [0.1, 0.15) is 6.23 Å². The number of nitrogens with zero attached hydrogens (tertiary/aromatic N) is 4. The average molecular weight is 307 g/mol. The van der Waals surface area contributed by atoms with E-state index < -0.39 is 24.5 Å². The third kappa shape index (κ3) is 2.33. The second-order valence-electron chi connectivity index (χ2n) is 4.94. The molecule has 1 aliphatic heterocycles. The summed E-state index contributed by atoms with van der Waals surface area (Å²) >= 11 is 0. The Morgan fingerprint density at radius 3 is 2.82 bits per heavy atom. The molecular formula is C13H17N5O4. The van der Waals surface area contributed by atoms with E-state index in [0.717, 1.165) is 0 Å². The van der Waals surface area contributed by atoms with Crippen molar-refractivity contribution in [2.24, 2.45) is 0 Å². The SMILES string of the molecule is C=CCNc1ncnc2c1ncn2[C@H]1O[C@@H](CO)[C@@H](O)[C@@H]1O. The van der Waals surface area contributed by atoms with Gasteiger partial charge in [-0.05, 0) is 0 Å². The number of nitrogens with one attached hydrogen (secondary N) is 1. The van der Waals surface area contributed by atoms with Crippen LogP contribution in [0, 0.1) is 0 Å². The summed E-state index contributed by atoms with van der Waals surface area (Å²) in [6, 6.07) is 0. The van der Waals surface area contributed by atoms with E-state index in [9.17, 15) is 10.2 Å². The van der Waals surface area contributed by atoms with Gasteiger partial charge in [-0.2, -0.15) is 0 Å². The zero-order chi connectivity index (χ0) is 15.7. The molecule has 1 fully saturated rings. The van der Waals surface area contributed by atoms with E-state index in [1.807, 2.05) is 0 Å². The molecule has 0 amide bonds. The van der Waals surface area contributed by atoms with Crippen LogP contribution >= 0.6 is 0 Å². The molecule has 1 saturated heterocycles. The van der Waals surface area contributed by atoms with Crippen LogP contribution in [0.2, 0.25) is 0 Å². The molecular weight excluding hydrogens is 290 g/mol. The normalized spacial score (nSPS) is 28.1. The highest BCUT2D eigenvalue weighted by molar-refractivity contribution is 5.82. The minimum absolute atomic E-state index is 0.386. The third-order valence-electron chi connectivity index (χ3n) is 3.56. The number of hydrogen-bond donors (Lipinski definition) is 4. The van der Waals surface area contributed by atoms with Crippen LogP contribution in [-0.2, 0) is 4.74 Å². The summed E-state index contributed by atoms with van der Waals surface area (Å²) in [5.74, 6) is 0.537. The maximum Gasteiger partial charge on any atom is 0.167 e. The summed E-state index contributed by atoms with van der Waals surface area (Å²) in [5, 5.41) is 32.1. The molecule has 2 aromatic rings. The Hall–Kier alpha value is -2.07. The van der Waals surface area contributed by atoms with Crippen LogP contribution in [0.4, 0.5) is 5.82 Å². The molecule has 4 N–H and O–H groups in total. The molecule has 0 unspecified atom stereocenters. The van der Waals surface area contributed by atoms with Gasteiger partial charge < -0.3 is 25.4 Å². The summed E-state index contributed by atoms with van der Waals surface area (Å²) in [6.45, 7) is 3.76. The fraction of sp³-hybridized carbons (Fsp3) is 0.462. The van der Waals surface area contributed by atoms with Gasteiger partial charge in [0.2, 0.25) is 0 Å². The molecule has 0 radical (unpaired) electrons. The second-order valence-corrected chi connectivity index (χ2v) is 4.94. The van der Waals surface area contributed by atoms with Crippen molar-refractivity contribution in [1.29, 1.82) is 0 Å². The molecule has 3 rings (SSSR count). The quantitative estimate of drug-likeness (QED) is 0.520. The van der Waals surface area contributed by atoms with E-state index in [0.29, 0.717) is 23.5 Å². The molecule has 22 heavy (non-hydrogen) atoms. The summed E-state index contributed by atoms with van der Waals surface area (Å²) in [5.41, 5.74) is 0.971. The monoisotopic (exact) mass is 307 g/mol. The fourth-order valence-corrected chi connectivity index (χ4v) is 2.45. The molecule has 0 aromatic carbocycles. The van der Waals surface area contributed by atoms with Crippen molar-refractivity contribution < 1.29 is 20.1 Å². The van der Waals surface area contributed by atoms with Gasteiger partial charge in [0.25, 0.3) is 0 Å². The highest BCUT2D eigenvalue weighted by Gasteiger charge is 2.43.